The number of anilines is 1. The number of hydrogen-bond acceptors (Lipinski definition) is 8. The number of thioether (sulfide) groups is 1. The first-order chi connectivity index (χ1) is 14.2. The van der Waals surface area contributed by atoms with Gasteiger partial charge in [-0.15, -0.1) is 23.1 Å². The van der Waals surface area contributed by atoms with E-state index in [0.717, 1.165) is 16.2 Å². The van der Waals surface area contributed by atoms with Gasteiger partial charge in [-0.3, -0.25) is 9.52 Å². The number of rotatable bonds is 7. The fraction of sp³-hybridized carbons (Fsp3) is 0.222. The number of carbonyl (C=O) groups excluding carboxylic acids is 2. The van der Waals surface area contributed by atoms with E-state index in [1.807, 2.05) is 0 Å². The van der Waals surface area contributed by atoms with Crippen molar-refractivity contribution >= 4 is 56.8 Å². The van der Waals surface area contributed by atoms with Crippen LogP contribution in [-0.2, 0) is 14.8 Å². The number of benzene rings is 1. The van der Waals surface area contributed by atoms with Crippen molar-refractivity contribution in [3.05, 3.63) is 35.3 Å². The van der Waals surface area contributed by atoms with Crippen molar-refractivity contribution < 1.29 is 27.9 Å². The highest BCUT2D eigenvalue weighted by Crippen LogP contribution is 2.43. The summed E-state index contributed by atoms with van der Waals surface area (Å²) in [6.07, 6.45) is 4.34. The number of nitrogens with zero attached hydrogens (tertiary/aromatic N) is 2. The summed E-state index contributed by atoms with van der Waals surface area (Å²) in [5, 5.41) is 12.3. The molecule has 0 atom stereocenters. The fourth-order valence-corrected chi connectivity index (χ4v) is 5.64. The molecule has 9 nitrogen and oxygen atoms in total. The van der Waals surface area contributed by atoms with Crippen molar-refractivity contribution in [2.24, 2.45) is 0 Å². The third kappa shape index (κ3) is 4.11. The number of phenolic OH excluding ortho intramolecular Hbond substituents is 1. The van der Waals surface area contributed by atoms with Crippen LogP contribution in [0.15, 0.2) is 38.9 Å². The van der Waals surface area contributed by atoms with Gasteiger partial charge in [0, 0.05) is 29.8 Å². The molecular formula is C18H19N3O6S3. The average Bonchev–Trinajstić information content (AvgIpc) is 3.32. The summed E-state index contributed by atoms with van der Waals surface area (Å²) >= 11 is 2.26. The highest BCUT2D eigenvalue weighted by molar-refractivity contribution is 7.99. The van der Waals surface area contributed by atoms with Gasteiger partial charge >= 0.3 is 6.03 Å². The number of sulfonamides is 1. The van der Waals surface area contributed by atoms with Crippen LogP contribution in [0.1, 0.15) is 5.56 Å². The summed E-state index contributed by atoms with van der Waals surface area (Å²) in [4.78, 5) is 26.7. The summed E-state index contributed by atoms with van der Waals surface area (Å²) < 4.78 is 33.2. The monoisotopic (exact) mass is 469 g/mol. The van der Waals surface area contributed by atoms with Crippen molar-refractivity contribution in [3.8, 4) is 11.5 Å². The van der Waals surface area contributed by atoms with Crippen LogP contribution in [0.3, 0.4) is 0 Å². The number of nitrogens with one attached hydrogen (secondary N) is 1. The zero-order chi connectivity index (χ0) is 22.1. The van der Waals surface area contributed by atoms with E-state index in [9.17, 15) is 23.1 Å². The largest absolute Gasteiger partial charge is 0.504 e. The Labute approximate surface area is 182 Å². The van der Waals surface area contributed by atoms with Gasteiger partial charge in [-0.2, -0.15) is 0 Å². The molecule has 2 heterocycles. The number of methoxy groups -OCH3 is 1. The van der Waals surface area contributed by atoms with Crippen molar-refractivity contribution in [2.75, 3.05) is 31.7 Å². The molecule has 0 spiro atoms. The third-order valence-corrected chi connectivity index (χ3v) is 7.86. The summed E-state index contributed by atoms with van der Waals surface area (Å²) in [6, 6.07) is 3.99. The zero-order valence-corrected chi connectivity index (χ0v) is 18.7. The molecule has 160 valence electrons. The lowest BCUT2D eigenvalue weighted by Gasteiger charge is -2.17. The first-order valence-electron chi connectivity index (χ1n) is 8.49. The number of likely N-dealkylation sites (N-methyl/N-ethyl adjacent to an activating group) is 1. The number of urea groups is 1. The molecule has 1 aliphatic rings. The molecule has 0 bridgehead atoms. The van der Waals surface area contributed by atoms with Crippen molar-refractivity contribution in [1.82, 2.24) is 9.80 Å². The van der Waals surface area contributed by atoms with Crippen LogP contribution < -0.4 is 9.46 Å². The molecule has 3 rings (SSSR count). The first-order valence-corrected chi connectivity index (χ1v) is 12.1. The van der Waals surface area contributed by atoms with Crippen LogP contribution in [0.2, 0.25) is 0 Å². The average molecular weight is 470 g/mol. The van der Waals surface area contributed by atoms with E-state index in [2.05, 4.69) is 4.72 Å². The van der Waals surface area contributed by atoms with Crippen LogP contribution in [0, 0.1) is 0 Å². The number of aromatic hydroxyl groups is 1. The molecule has 0 radical (unpaired) electrons. The van der Waals surface area contributed by atoms with Crippen molar-refractivity contribution in [3.63, 3.8) is 0 Å². The van der Waals surface area contributed by atoms with Gasteiger partial charge in [0.15, 0.2) is 11.5 Å². The lowest BCUT2D eigenvalue weighted by atomic mass is 10.1. The maximum atomic E-state index is 12.7. The van der Waals surface area contributed by atoms with E-state index in [1.165, 1.54) is 55.2 Å². The molecule has 1 saturated heterocycles. The zero-order valence-electron chi connectivity index (χ0n) is 16.3. The molecule has 30 heavy (non-hydrogen) atoms. The number of carbonyl (C=O) groups is 2. The van der Waals surface area contributed by atoms with E-state index in [4.69, 9.17) is 4.74 Å². The Morgan fingerprint density at radius 1 is 1.37 bits per heavy atom. The van der Waals surface area contributed by atoms with E-state index in [0.29, 0.717) is 4.90 Å². The minimum Gasteiger partial charge on any atom is -0.504 e. The standard InChI is InChI=1S/C18H19N3O6S3/c1-20-10-14(22)21(18(20)24)7-6-11-16(23)13(27-2)9-12(17(11)28-3)19-30(25,26)15-5-4-8-29-15/h4-9,19,23H,10H2,1-3H3/b7-6+. The Kier molecular flexibility index (Phi) is 6.29. The van der Waals surface area contributed by atoms with Gasteiger partial charge in [0.1, 0.15) is 10.8 Å². The summed E-state index contributed by atoms with van der Waals surface area (Å²) in [5.74, 6) is -0.623. The van der Waals surface area contributed by atoms with Crippen LogP contribution in [0.5, 0.6) is 11.5 Å². The summed E-state index contributed by atoms with van der Waals surface area (Å²) in [6.45, 7) is -0.0471. The molecule has 0 saturated carbocycles. The number of imide groups is 1. The molecule has 0 aliphatic carbocycles. The van der Waals surface area contributed by atoms with Gasteiger partial charge < -0.3 is 14.7 Å². The second-order valence-electron chi connectivity index (χ2n) is 6.18. The van der Waals surface area contributed by atoms with Crippen molar-refractivity contribution in [2.45, 2.75) is 9.10 Å². The topological polar surface area (TPSA) is 116 Å². The van der Waals surface area contributed by atoms with E-state index in [-0.39, 0.29) is 33.5 Å². The van der Waals surface area contributed by atoms with Gasteiger partial charge in [0.05, 0.1) is 12.8 Å². The number of amides is 3. The molecule has 12 heteroatoms. The van der Waals surface area contributed by atoms with Gasteiger partial charge in [-0.25, -0.2) is 18.1 Å². The molecule has 1 aromatic heterocycles. The molecule has 2 aromatic rings. The highest BCUT2D eigenvalue weighted by Gasteiger charge is 2.32. The van der Waals surface area contributed by atoms with E-state index >= 15 is 0 Å². The SMILES string of the molecule is COc1cc(NS(=O)(=O)c2cccs2)c(SC)c(/C=C/N2C(=O)CN(C)C2=O)c1O. The van der Waals surface area contributed by atoms with Crippen LogP contribution in [0.25, 0.3) is 6.08 Å². The Morgan fingerprint density at radius 3 is 2.63 bits per heavy atom. The summed E-state index contributed by atoms with van der Waals surface area (Å²) in [5.41, 5.74) is 0.405. The Balaban J connectivity index is 2.07. The van der Waals surface area contributed by atoms with Crippen molar-refractivity contribution in [1.29, 1.82) is 0 Å². The molecule has 1 aliphatic heterocycles. The Bertz CT molecular complexity index is 1110. The molecule has 0 unspecified atom stereocenters. The van der Waals surface area contributed by atoms with Gasteiger partial charge in [-0.1, -0.05) is 6.07 Å². The number of phenols is 1. The first kappa shape index (κ1) is 22.0. The maximum Gasteiger partial charge on any atom is 0.331 e. The fourth-order valence-electron chi connectivity index (χ4n) is 2.80. The predicted octanol–water partition coefficient (Wildman–Crippen LogP) is 2.85. The smallest absolute Gasteiger partial charge is 0.331 e. The minimum absolute atomic E-state index is 0.0347. The minimum atomic E-state index is -3.84. The van der Waals surface area contributed by atoms with Gasteiger partial charge in [0.2, 0.25) is 0 Å². The Morgan fingerprint density at radius 2 is 2.10 bits per heavy atom. The molecule has 1 fully saturated rings. The molecule has 2 N–H and O–H groups in total. The van der Waals surface area contributed by atoms with Gasteiger partial charge in [-0.05, 0) is 23.8 Å². The second-order valence-corrected chi connectivity index (χ2v) is 9.85. The lowest BCUT2D eigenvalue weighted by molar-refractivity contribution is -0.123. The van der Waals surface area contributed by atoms with Crippen LogP contribution in [0.4, 0.5) is 10.5 Å². The second kappa shape index (κ2) is 8.58. The highest BCUT2D eigenvalue weighted by atomic mass is 32.2. The molecule has 1 aromatic carbocycles. The Hall–Kier alpha value is -2.70. The van der Waals surface area contributed by atoms with Gasteiger partial charge in [0.25, 0.3) is 15.9 Å². The van der Waals surface area contributed by atoms with Crippen LogP contribution in [-0.4, -0.2) is 62.2 Å². The number of ether oxygens (including phenoxy) is 1. The molecule has 3 amide bonds. The molecular weight excluding hydrogens is 450 g/mol. The van der Waals surface area contributed by atoms with E-state index in [1.54, 1.807) is 17.7 Å². The number of hydrogen-bond donors (Lipinski definition) is 2. The summed E-state index contributed by atoms with van der Waals surface area (Å²) in [7, 11) is -1.01. The number of thiophene rings is 1. The lowest BCUT2D eigenvalue weighted by Crippen LogP contribution is -2.26. The predicted molar refractivity (Wildman–Crippen MR) is 115 cm³/mol. The quantitative estimate of drug-likeness (QED) is 0.364. The normalized spacial score (nSPS) is 14.8. The van der Waals surface area contributed by atoms with E-state index < -0.39 is 22.0 Å². The van der Waals surface area contributed by atoms with Crippen LogP contribution >= 0.6 is 23.1 Å². The third-order valence-electron chi connectivity index (χ3n) is 4.25. The maximum absolute atomic E-state index is 12.7.